The third-order valence-electron chi connectivity index (χ3n) is 4.77. The van der Waals surface area contributed by atoms with Crippen molar-refractivity contribution < 1.29 is 9.59 Å². The van der Waals surface area contributed by atoms with E-state index in [1.807, 2.05) is 48.5 Å². The summed E-state index contributed by atoms with van der Waals surface area (Å²) in [7, 11) is 0. The van der Waals surface area contributed by atoms with Gasteiger partial charge in [-0.3, -0.25) is 9.59 Å². The first kappa shape index (κ1) is 16.8. The first-order valence-electron chi connectivity index (χ1n) is 8.97. The molecule has 2 amide bonds. The van der Waals surface area contributed by atoms with Gasteiger partial charge in [0, 0.05) is 23.3 Å². The Balaban J connectivity index is 1.35. The summed E-state index contributed by atoms with van der Waals surface area (Å²) in [6.45, 7) is 0. The van der Waals surface area contributed by atoms with E-state index in [1.165, 1.54) is 0 Å². The zero-order valence-electron chi connectivity index (χ0n) is 14.4. The number of benzene rings is 2. The highest BCUT2D eigenvalue weighted by molar-refractivity contribution is 5.97. The highest BCUT2D eigenvalue weighted by Crippen LogP contribution is 2.30. The molecule has 6 heteroatoms. The fraction of sp³-hybridized carbons (Fsp3) is 0.300. The molecule has 1 aliphatic heterocycles. The number of rotatable bonds is 5. The van der Waals surface area contributed by atoms with Crippen molar-refractivity contribution in [1.29, 1.82) is 0 Å². The van der Waals surface area contributed by atoms with Crippen LogP contribution >= 0.6 is 0 Å². The minimum Gasteiger partial charge on any atom is -0.326 e. The molecule has 6 nitrogen and oxygen atoms in total. The molecule has 0 bridgehead atoms. The molecule has 2 aromatic rings. The average Bonchev–Trinajstić information content (AvgIpc) is 3.39. The van der Waals surface area contributed by atoms with Gasteiger partial charge in [0.25, 0.3) is 0 Å². The second kappa shape index (κ2) is 7.27. The molecule has 0 radical (unpaired) electrons. The normalized spacial score (nSPS) is 22.0. The number of nitrogens with one attached hydrogen (secondary N) is 4. The Morgan fingerprint density at radius 1 is 0.846 bits per heavy atom. The van der Waals surface area contributed by atoms with E-state index in [9.17, 15) is 9.59 Å². The molecule has 1 heterocycles. The number of carbonyl (C=O) groups excluding carboxylic acids is 2. The first-order valence-corrected chi connectivity index (χ1v) is 8.97. The van der Waals surface area contributed by atoms with Crippen molar-refractivity contribution in [1.82, 2.24) is 10.9 Å². The molecule has 4 rings (SSSR count). The third-order valence-corrected chi connectivity index (χ3v) is 4.77. The van der Waals surface area contributed by atoms with Crippen molar-refractivity contribution in [3.05, 3.63) is 60.2 Å². The predicted molar refractivity (Wildman–Crippen MR) is 100 cm³/mol. The Bertz CT molecular complexity index is 804. The summed E-state index contributed by atoms with van der Waals surface area (Å²) < 4.78 is 0. The maximum absolute atomic E-state index is 12.5. The molecule has 1 saturated heterocycles. The molecule has 4 N–H and O–H groups in total. The van der Waals surface area contributed by atoms with Gasteiger partial charge in [0.15, 0.2) is 0 Å². The summed E-state index contributed by atoms with van der Waals surface area (Å²) in [5, 5.41) is 5.82. The lowest BCUT2D eigenvalue weighted by Crippen LogP contribution is -2.39. The number of carbonyl (C=O) groups is 2. The Morgan fingerprint density at radius 2 is 1.54 bits per heavy atom. The van der Waals surface area contributed by atoms with Gasteiger partial charge < -0.3 is 10.6 Å². The van der Waals surface area contributed by atoms with E-state index < -0.39 is 0 Å². The number of hydrogen-bond acceptors (Lipinski definition) is 4. The van der Waals surface area contributed by atoms with E-state index in [1.54, 1.807) is 6.07 Å². The molecule has 1 saturated carbocycles. The number of anilines is 2. The Kier molecular flexibility index (Phi) is 4.69. The summed E-state index contributed by atoms with van der Waals surface area (Å²) in [6.07, 6.45) is 2.60. The van der Waals surface area contributed by atoms with Crippen molar-refractivity contribution in [3.63, 3.8) is 0 Å². The molecule has 2 fully saturated rings. The van der Waals surface area contributed by atoms with Crippen LogP contribution in [0.25, 0.3) is 0 Å². The second-order valence-electron chi connectivity index (χ2n) is 6.87. The van der Waals surface area contributed by atoms with E-state index in [2.05, 4.69) is 21.5 Å². The Labute approximate surface area is 152 Å². The lowest BCUT2D eigenvalue weighted by Gasteiger charge is -2.12. The van der Waals surface area contributed by atoms with Crippen LogP contribution in [0.1, 0.15) is 30.9 Å². The standard InChI is InChI=1S/C20H22N4O2/c25-19(14-9-10-14)21-15-7-4-8-16(11-15)22-20(26)18-12-17(23-24-18)13-5-2-1-3-6-13/h1-8,11,14,17-18,23-24H,9-10,12H2,(H,21,25)(H,22,26). The molecular weight excluding hydrogens is 328 g/mol. The number of amides is 2. The van der Waals surface area contributed by atoms with E-state index in [0.717, 1.165) is 18.4 Å². The number of hydrogen-bond donors (Lipinski definition) is 4. The smallest absolute Gasteiger partial charge is 0.242 e. The van der Waals surface area contributed by atoms with Gasteiger partial charge in [-0.15, -0.1) is 0 Å². The minimum absolute atomic E-state index is 0.0563. The Hall–Kier alpha value is -2.70. The van der Waals surface area contributed by atoms with E-state index in [0.29, 0.717) is 17.8 Å². The van der Waals surface area contributed by atoms with Gasteiger partial charge in [0.2, 0.25) is 11.8 Å². The zero-order valence-corrected chi connectivity index (χ0v) is 14.4. The van der Waals surface area contributed by atoms with Crippen molar-refractivity contribution >= 4 is 23.2 Å². The molecule has 2 atom stereocenters. The fourth-order valence-corrected chi connectivity index (χ4v) is 3.13. The average molecular weight is 350 g/mol. The van der Waals surface area contributed by atoms with E-state index in [-0.39, 0.29) is 29.8 Å². The van der Waals surface area contributed by atoms with Crippen LogP contribution in [0.2, 0.25) is 0 Å². The van der Waals surface area contributed by atoms with Crippen LogP contribution in [-0.4, -0.2) is 17.9 Å². The third kappa shape index (κ3) is 3.92. The van der Waals surface area contributed by atoms with Crippen molar-refractivity contribution in [2.75, 3.05) is 10.6 Å². The second-order valence-corrected chi connectivity index (χ2v) is 6.87. The van der Waals surface area contributed by atoms with Crippen LogP contribution < -0.4 is 21.5 Å². The van der Waals surface area contributed by atoms with Gasteiger partial charge in [-0.05, 0) is 43.0 Å². The molecule has 26 heavy (non-hydrogen) atoms. The van der Waals surface area contributed by atoms with Gasteiger partial charge in [-0.2, -0.15) is 0 Å². The first-order chi connectivity index (χ1) is 12.7. The highest BCUT2D eigenvalue weighted by atomic mass is 16.2. The fourth-order valence-electron chi connectivity index (χ4n) is 3.13. The van der Waals surface area contributed by atoms with Crippen molar-refractivity contribution in [3.8, 4) is 0 Å². The van der Waals surface area contributed by atoms with Crippen molar-refractivity contribution in [2.24, 2.45) is 5.92 Å². The minimum atomic E-state index is -0.315. The van der Waals surface area contributed by atoms with Gasteiger partial charge >= 0.3 is 0 Å². The molecule has 134 valence electrons. The van der Waals surface area contributed by atoms with E-state index >= 15 is 0 Å². The monoisotopic (exact) mass is 350 g/mol. The summed E-state index contributed by atoms with van der Waals surface area (Å²) in [6, 6.07) is 17.1. The number of hydrazine groups is 1. The lowest BCUT2D eigenvalue weighted by atomic mass is 10.0. The van der Waals surface area contributed by atoms with Crippen LogP contribution in [0.5, 0.6) is 0 Å². The van der Waals surface area contributed by atoms with Crippen LogP contribution in [0.4, 0.5) is 11.4 Å². The lowest BCUT2D eigenvalue weighted by molar-refractivity contribution is -0.118. The topological polar surface area (TPSA) is 82.3 Å². The van der Waals surface area contributed by atoms with Crippen LogP contribution in [0.15, 0.2) is 54.6 Å². The summed E-state index contributed by atoms with van der Waals surface area (Å²) >= 11 is 0. The summed E-state index contributed by atoms with van der Waals surface area (Å²) in [5.41, 5.74) is 8.78. The molecule has 2 aliphatic rings. The quantitative estimate of drug-likeness (QED) is 0.668. The van der Waals surface area contributed by atoms with Crippen LogP contribution in [0.3, 0.4) is 0 Å². The van der Waals surface area contributed by atoms with Crippen LogP contribution in [-0.2, 0) is 9.59 Å². The van der Waals surface area contributed by atoms with Crippen molar-refractivity contribution in [2.45, 2.75) is 31.3 Å². The SMILES string of the molecule is O=C(Nc1cccc(NC(=O)C2CC(c3ccccc3)NN2)c1)C1CC1. The molecule has 0 aromatic heterocycles. The molecule has 2 aromatic carbocycles. The van der Waals surface area contributed by atoms with Gasteiger partial charge in [0.1, 0.15) is 6.04 Å². The maximum Gasteiger partial charge on any atom is 0.242 e. The highest BCUT2D eigenvalue weighted by Gasteiger charge is 2.31. The molecule has 2 unspecified atom stereocenters. The van der Waals surface area contributed by atoms with Gasteiger partial charge in [-0.25, -0.2) is 10.9 Å². The predicted octanol–water partition coefficient (Wildman–Crippen LogP) is 2.58. The summed E-state index contributed by atoms with van der Waals surface area (Å²) in [5.74, 6) is 0.111. The largest absolute Gasteiger partial charge is 0.326 e. The van der Waals surface area contributed by atoms with E-state index in [4.69, 9.17) is 0 Å². The molecule has 0 spiro atoms. The zero-order chi connectivity index (χ0) is 17.9. The molecule has 1 aliphatic carbocycles. The van der Waals surface area contributed by atoms with Crippen LogP contribution in [0, 0.1) is 5.92 Å². The van der Waals surface area contributed by atoms with Gasteiger partial charge in [-0.1, -0.05) is 36.4 Å². The maximum atomic E-state index is 12.5. The van der Waals surface area contributed by atoms with Gasteiger partial charge in [0.05, 0.1) is 0 Å². The summed E-state index contributed by atoms with van der Waals surface area (Å²) in [4.78, 5) is 24.4. The molecular formula is C20H22N4O2. The Morgan fingerprint density at radius 3 is 2.23 bits per heavy atom.